The van der Waals surface area contributed by atoms with Gasteiger partial charge < -0.3 is 14.6 Å². The minimum Gasteiger partial charge on any atom is -0.480 e. The predicted molar refractivity (Wildman–Crippen MR) is 104 cm³/mol. The molecular weight excluding hydrogens is 340 g/mol. The van der Waals surface area contributed by atoms with Crippen LogP contribution in [0.2, 0.25) is 0 Å². The molecule has 138 valence electrons. The van der Waals surface area contributed by atoms with Gasteiger partial charge in [-0.1, -0.05) is 48.5 Å². The normalized spacial score (nSPS) is 14.9. The van der Waals surface area contributed by atoms with Gasteiger partial charge in [0.05, 0.1) is 5.56 Å². The van der Waals surface area contributed by atoms with Gasteiger partial charge >= 0.3 is 5.97 Å². The van der Waals surface area contributed by atoms with Crippen LogP contribution in [-0.2, 0) is 11.3 Å². The second-order valence-corrected chi connectivity index (χ2v) is 7.13. The van der Waals surface area contributed by atoms with Crippen molar-refractivity contribution in [1.29, 1.82) is 0 Å². The Morgan fingerprint density at radius 2 is 1.78 bits per heavy atom. The van der Waals surface area contributed by atoms with E-state index in [1.54, 1.807) is 6.92 Å². The molecule has 1 aromatic heterocycles. The van der Waals surface area contributed by atoms with Crippen LogP contribution in [-0.4, -0.2) is 38.5 Å². The number of carboxylic acid groups (broad SMARTS) is 1. The van der Waals surface area contributed by atoms with Gasteiger partial charge in [0.25, 0.3) is 5.91 Å². The van der Waals surface area contributed by atoms with Gasteiger partial charge in [-0.15, -0.1) is 0 Å². The lowest BCUT2D eigenvalue weighted by Crippen LogP contribution is -2.44. The SMILES string of the molecule is CC(C(=O)O)N(C(=O)c1cn(Cc2ccccc2)c2ccccc12)C1CC1. The molecule has 0 aliphatic heterocycles. The lowest BCUT2D eigenvalue weighted by Gasteiger charge is -2.26. The maximum absolute atomic E-state index is 13.3. The zero-order chi connectivity index (χ0) is 19.0. The quantitative estimate of drug-likeness (QED) is 0.726. The van der Waals surface area contributed by atoms with E-state index in [9.17, 15) is 14.7 Å². The average molecular weight is 362 g/mol. The molecule has 1 N–H and O–H groups in total. The van der Waals surface area contributed by atoms with Crippen LogP contribution in [0.15, 0.2) is 60.8 Å². The average Bonchev–Trinajstić information content (AvgIpc) is 3.44. The number of nitrogens with zero attached hydrogens (tertiary/aromatic N) is 2. The highest BCUT2D eigenvalue weighted by molar-refractivity contribution is 6.08. The number of carbonyl (C=O) groups is 2. The number of aliphatic carboxylic acids is 1. The third-order valence-electron chi connectivity index (χ3n) is 5.16. The Labute approximate surface area is 157 Å². The smallest absolute Gasteiger partial charge is 0.326 e. The predicted octanol–water partition coefficient (Wildman–Crippen LogP) is 3.77. The van der Waals surface area contributed by atoms with Gasteiger partial charge in [-0.2, -0.15) is 0 Å². The molecule has 5 heteroatoms. The number of amides is 1. The van der Waals surface area contributed by atoms with Gasteiger partial charge in [0.2, 0.25) is 0 Å². The van der Waals surface area contributed by atoms with E-state index in [0.29, 0.717) is 12.1 Å². The number of rotatable bonds is 6. The standard InChI is InChI=1S/C22H22N2O3/c1-15(22(26)27)24(17-11-12-17)21(25)19-14-23(13-16-7-3-2-4-8-16)20-10-6-5-9-18(19)20/h2-10,14-15,17H,11-13H2,1H3,(H,26,27). The zero-order valence-electron chi connectivity index (χ0n) is 15.2. The molecule has 1 saturated carbocycles. The molecule has 0 spiro atoms. The van der Waals surface area contributed by atoms with Gasteiger partial charge in [-0.05, 0) is 31.4 Å². The summed E-state index contributed by atoms with van der Waals surface area (Å²) in [6.45, 7) is 2.24. The van der Waals surface area contributed by atoms with Gasteiger partial charge in [-0.3, -0.25) is 4.79 Å². The highest BCUT2D eigenvalue weighted by atomic mass is 16.4. The van der Waals surface area contributed by atoms with E-state index in [-0.39, 0.29) is 11.9 Å². The number of hydrogen-bond acceptors (Lipinski definition) is 2. The molecule has 5 nitrogen and oxygen atoms in total. The minimum absolute atomic E-state index is 0.0276. The van der Waals surface area contributed by atoms with E-state index in [4.69, 9.17) is 0 Å². The second-order valence-electron chi connectivity index (χ2n) is 7.13. The number of para-hydroxylation sites is 1. The Bertz CT molecular complexity index is 989. The van der Waals surface area contributed by atoms with Crippen molar-refractivity contribution < 1.29 is 14.7 Å². The van der Waals surface area contributed by atoms with Crippen molar-refractivity contribution in [1.82, 2.24) is 9.47 Å². The number of fused-ring (bicyclic) bond motifs is 1. The first-order valence-corrected chi connectivity index (χ1v) is 9.23. The maximum atomic E-state index is 13.3. The largest absolute Gasteiger partial charge is 0.480 e. The third-order valence-corrected chi connectivity index (χ3v) is 5.16. The first-order chi connectivity index (χ1) is 13.1. The summed E-state index contributed by atoms with van der Waals surface area (Å²) in [5.41, 5.74) is 2.69. The molecular formula is C22H22N2O3. The van der Waals surface area contributed by atoms with E-state index in [1.807, 2.05) is 48.7 Å². The molecule has 0 saturated heterocycles. The lowest BCUT2D eigenvalue weighted by atomic mass is 10.1. The van der Waals surface area contributed by atoms with Crippen LogP contribution < -0.4 is 0 Å². The van der Waals surface area contributed by atoms with Crippen molar-refractivity contribution in [3.63, 3.8) is 0 Å². The van der Waals surface area contributed by atoms with Crippen LogP contribution in [0.3, 0.4) is 0 Å². The number of benzene rings is 2. The highest BCUT2D eigenvalue weighted by Crippen LogP contribution is 2.32. The Hall–Kier alpha value is -3.08. The Kier molecular flexibility index (Phi) is 4.44. The summed E-state index contributed by atoms with van der Waals surface area (Å²) in [4.78, 5) is 26.4. The fourth-order valence-corrected chi connectivity index (χ4v) is 3.60. The van der Waals surface area contributed by atoms with Gasteiger partial charge in [0.1, 0.15) is 6.04 Å². The van der Waals surface area contributed by atoms with Crippen LogP contribution in [0.1, 0.15) is 35.7 Å². The summed E-state index contributed by atoms with van der Waals surface area (Å²) in [6, 6.07) is 17.1. The lowest BCUT2D eigenvalue weighted by molar-refractivity contribution is -0.141. The Balaban J connectivity index is 1.75. The minimum atomic E-state index is -0.969. The van der Waals surface area contributed by atoms with Crippen LogP contribution in [0.25, 0.3) is 10.9 Å². The second kappa shape index (κ2) is 6.91. The Morgan fingerprint density at radius 3 is 2.44 bits per heavy atom. The summed E-state index contributed by atoms with van der Waals surface area (Å²) in [6.07, 6.45) is 3.60. The highest BCUT2D eigenvalue weighted by Gasteiger charge is 2.39. The van der Waals surface area contributed by atoms with Crippen molar-refractivity contribution in [2.24, 2.45) is 0 Å². The topological polar surface area (TPSA) is 62.5 Å². The summed E-state index contributed by atoms with van der Waals surface area (Å²) >= 11 is 0. The van der Waals surface area contributed by atoms with Crippen LogP contribution >= 0.6 is 0 Å². The fraction of sp³-hybridized carbons (Fsp3) is 0.273. The zero-order valence-corrected chi connectivity index (χ0v) is 15.2. The first-order valence-electron chi connectivity index (χ1n) is 9.23. The van der Waals surface area contributed by atoms with E-state index in [2.05, 4.69) is 16.7 Å². The fourth-order valence-electron chi connectivity index (χ4n) is 3.60. The number of carbonyl (C=O) groups excluding carboxylic acids is 1. The molecule has 1 unspecified atom stereocenters. The monoisotopic (exact) mass is 362 g/mol. The summed E-state index contributed by atoms with van der Waals surface area (Å²) in [7, 11) is 0. The van der Waals surface area contributed by atoms with Crippen molar-refractivity contribution in [2.75, 3.05) is 0 Å². The Morgan fingerprint density at radius 1 is 1.11 bits per heavy atom. The number of carboxylic acids is 1. The molecule has 1 heterocycles. The van der Waals surface area contributed by atoms with Gasteiger partial charge in [0.15, 0.2) is 0 Å². The number of hydrogen-bond donors (Lipinski definition) is 1. The first kappa shape index (κ1) is 17.3. The van der Waals surface area contributed by atoms with E-state index >= 15 is 0 Å². The third kappa shape index (κ3) is 3.33. The molecule has 1 amide bonds. The molecule has 0 bridgehead atoms. The molecule has 27 heavy (non-hydrogen) atoms. The molecule has 4 rings (SSSR count). The molecule has 2 aromatic carbocycles. The van der Waals surface area contributed by atoms with E-state index in [1.165, 1.54) is 4.90 Å². The maximum Gasteiger partial charge on any atom is 0.326 e. The van der Waals surface area contributed by atoms with E-state index in [0.717, 1.165) is 29.3 Å². The van der Waals surface area contributed by atoms with Crippen molar-refractivity contribution in [3.05, 3.63) is 71.9 Å². The molecule has 1 fully saturated rings. The van der Waals surface area contributed by atoms with Crippen LogP contribution in [0.4, 0.5) is 0 Å². The van der Waals surface area contributed by atoms with Crippen molar-refractivity contribution >= 4 is 22.8 Å². The summed E-state index contributed by atoms with van der Waals surface area (Å²) in [5, 5.41) is 10.3. The molecule has 1 atom stereocenters. The van der Waals surface area contributed by atoms with Crippen molar-refractivity contribution in [3.8, 4) is 0 Å². The molecule has 1 aliphatic rings. The molecule has 3 aromatic rings. The number of aromatic nitrogens is 1. The molecule has 0 radical (unpaired) electrons. The summed E-state index contributed by atoms with van der Waals surface area (Å²) < 4.78 is 2.06. The summed E-state index contributed by atoms with van der Waals surface area (Å²) in [5.74, 6) is -1.17. The van der Waals surface area contributed by atoms with Gasteiger partial charge in [-0.25, -0.2) is 4.79 Å². The van der Waals surface area contributed by atoms with Crippen LogP contribution in [0.5, 0.6) is 0 Å². The van der Waals surface area contributed by atoms with E-state index < -0.39 is 12.0 Å². The molecule has 1 aliphatic carbocycles. The van der Waals surface area contributed by atoms with Crippen LogP contribution in [0, 0.1) is 0 Å². The van der Waals surface area contributed by atoms with Gasteiger partial charge in [0, 0.05) is 29.7 Å². The van der Waals surface area contributed by atoms with Crippen molar-refractivity contribution in [2.45, 2.75) is 38.4 Å².